The third kappa shape index (κ3) is 2.96. The van der Waals surface area contributed by atoms with Crippen LogP contribution >= 0.6 is 0 Å². The van der Waals surface area contributed by atoms with E-state index in [1.165, 1.54) is 19.3 Å². The first-order valence-corrected chi connectivity index (χ1v) is 7.68. The van der Waals surface area contributed by atoms with Crippen LogP contribution in [-0.2, 0) is 0 Å². The summed E-state index contributed by atoms with van der Waals surface area (Å²) in [7, 11) is 0. The van der Waals surface area contributed by atoms with Gasteiger partial charge in [-0.3, -0.25) is 4.79 Å². The Hall–Kier alpha value is -1.79. The number of benzene rings is 1. The first kappa shape index (κ1) is 14.2. The molecule has 3 unspecified atom stereocenters. The van der Waals surface area contributed by atoms with Crippen molar-refractivity contribution in [1.29, 1.82) is 0 Å². The molecule has 2 N–H and O–H groups in total. The number of amides is 1. The van der Waals surface area contributed by atoms with Crippen LogP contribution in [0.3, 0.4) is 0 Å². The van der Waals surface area contributed by atoms with E-state index in [-0.39, 0.29) is 12.5 Å². The molecule has 2 fully saturated rings. The Labute approximate surface area is 125 Å². The lowest BCUT2D eigenvalue weighted by Gasteiger charge is -2.23. The van der Waals surface area contributed by atoms with E-state index in [4.69, 9.17) is 5.11 Å². The lowest BCUT2D eigenvalue weighted by atomic mass is 9.95. The Morgan fingerprint density at radius 3 is 2.86 bits per heavy atom. The molecule has 3 nitrogen and oxygen atoms in total. The van der Waals surface area contributed by atoms with Crippen LogP contribution in [0.1, 0.15) is 47.2 Å². The Bertz CT molecular complexity index is 611. The Balaban J connectivity index is 1.69. The summed E-state index contributed by atoms with van der Waals surface area (Å²) in [6, 6.07) is 5.92. The molecule has 3 atom stereocenters. The van der Waals surface area contributed by atoms with Gasteiger partial charge >= 0.3 is 0 Å². The third-order valence-corrected chi connectivity index (χ3v) is 4.85. The lowest BCUT2D eigenvalue weighted by molar-refractivity contribution is 0.0923. The maximum atomic E-state index is 12.4. The van der Waals surface area contributed by atoms with Crippen LogP contribution in [0.2, 0.25) is 0 Å². The zero-order chi connectivity index (χ0) is 14.8. The van der Waals surface area contributed by atoms with Gasteiger partial charge in [0.1, 0.15) is 6.61 Å². The summed E-state index contributed by atoms with van der Waals surface area (Å²) in [6.07, 6.45) is 5.05. The van der Waals surface area contributed by atoms with Gasteiger partial charge in [-0.15, -0.1) is 0 Å². The van der Waals surface area contributed by atoms with Gasteiger partial charge in [0.25, 0.3) is 5.91 Å². The average Bonchev–Trinajstić information content (AvgIpc) is 3.08. The topological polar surface area (TPSA) is 49.3 Å². The maximum Gasteiger partial charge on any atom is 0.251 e. The van der Waals surface area contributed by atoms with Gasteiger partial charge < -0.3 is 10.4 Å². The Morgan fingerprint density at radius 1 is 1.38 bits per heavy atom. The molecular weight excluding hydrogens is 262 g/mol. The Kier molecular flexibility index (Phi) is 3.98. The molecule has 0 spiro atoms. The van der Waals surface area contributed by atoms with Crippen molar-refractivity contribution >= 4 is 5.91 Å². The zero-order valence-corrected chi connectivity index (χ0v) is 12.4. The van der Waals surface area contributed by atoms with Crippen LogP contribution in [0.5, 0.6) is 0 Å². The standard InChI is InChI=1S/C18H21NO2/c1-12-9-16(7-6-14(12)3-2-8-20)18(21)19-17-11-13-4-5-15(17)10-13/h6-7,9,13,15,17,20H,4-5,8,10-11H2,1H3,(H,19,21). The quantitative estimate of drug-likeness (QED) is 0.818. The summed E-state index contributed by atoms with van der Waals surface area (Å²) in [5.74, 6) is 7.07. The van der Waals surface area contributed by atoms with E-state index in [1.54, 1.807) is 0 Å². The van der Waals surface area contributed by atoms with Gasteiger partial charge in [-0.2, -0.15) is 0 Å². The molecular formula is C18H21NO2. The van der Waals surface area contributed by atoms with Gasteiger partial charge in [0.2, 0.25) is 0 Å². The number of fused-ring (bicyclic) bond motifs is 2. The smallest absolute Gasteiger partial charge is 0.251 e. The first-order chi connectivity index (χ1) is 10.2. The maximum absolute atomic E-state index is 12.4. The van der Waals surface area contributed by atoms with Crippen molar-refractivity contribution in [1.82, 2.24) is 5.32 Å². The largest absolute Gasteiger partial charge is 0.384 e. The number of aliphatic hydroxyl groups excluding tert-OH is 1. The highest BCUT2D eigenvalue weighted by Crippen LogP contribution is 2.44. The van der Waals surface area contributed by atoms with Crippen LogP contribution in [0.25, 0.3) is 0 Å². The van der Waals surface area contributed by atoms with E-state index in [1.807, 2.05) is 25.1 Å². The number of aryl methyl sites for hydroxylation is 1. The molecule has 0 heterocycles. The molecule has 0 aromatic heterocycles. The number of hydrogen-bond acceptors (Lipinski definition) is 2. The van der Waals surface area contributed by atoms with Gasteiger partial charge in [0.05, 0.1) is 0 Å². The molecule has 2 aliphatic rings. The van der Waals surface area contributed by atoms with Crippen LogP contribution < -0.4 is 5.32 Å². The summed E-state index contributed by atoms with van der Waals surface area (Å²) in [6.45, 7) is 1.79. The predicted molar refractivity (Wildman–Crippen MR) is 81.8 cm³/mol. The molecule has 2 aliphatic carbocycles. The van der Waals surface area contributed by atoms with Crippen LogP contribution in [0.4, 0.5) is 0 Å². The van der Waals surface area contributed by atoms with Crippen molar-refractivity contribution in [2.75, 3.05) is 6.61 Å². The number of aliphatic hydroxyl groups is 1. The highest BCUT2D eigenvalue weighted by atomic mass is 16.2. The fraction of sp³-hybridized carbons (Fsp3) is 0.500. The molecule has 2 bridgehead atoms. The van der Waals surface area contributed by atoms with Crippen molar-refractivity contribution in [3.8, 4) is 11.8 Å². The second kappa shape index (κ2) is 5.91. The fourth-order valence-electron chi connectivity index (χ4n) is 3.75. The average molecular weight is 283 g/mol. The third-order valence-electron chi connectivity index (χ3n) is 4.85. The molecule has 110 valence electrons. The van der Waals surface area contributed by atoms with Crippen molar-refractivity contribution < 1.29 is 9.90 Å². The molecule has 1 aromatic carbocycles. The van der Waals surface area contributed by atoms with Crippen molar-refractivity contribution in [3.05, 3.63) is 34.9 Å². The van der Waals surface area contributed by atoms with Gasteiger partial charge in [0, 0.05) is 17.2 Å². The Morgan fingerprint density at radius 2 is 2.24 bits per heavy atom. The number of hydrogen-bond donors (Lipinski definition) is 2. The van der Waals surface area contributed by atoms with E-state index in [0.717, 1.165) is 23.5 Å². The minimum absolute atomic E-state index is 0.0253. The second-order valence-corrected chi connectivity index (χ2v) is 6.24. The van der Waals surface area contributed by atoms with Gasteiger partial charge in [-0.05, 0) is 61.8 Å². The number of nitrogens with one attached hydrogen (secondary N) is 1. The lowest BCUT2D eigenvalue weighted by Crippen LogP contribution is -2.38. The minimum Gasteiger partial charge on any atom is -0.384 e. The normalized spacial score (nSPS) is 26.3. The van der Waals surface area contributed by atoms with Gasteiger partial charge in [-0.1, -0.05) is 18.3 Å². The summed E-state index contributed by atoms with van der Waals surface area (Å²) >= 11 is 0. The number of rotatable bonds is 2. The molecule has 2 saturated carbocycles. The van der Waals surface area contributed by atoms with E-state index in [0.29, 0.717) is 17.5 Å². The second-order valence-electron chi connectivity index (χ2n) is 6.24. The van der Waals surface area contributed by atoms with Crippen molar-refractivity contribution in [2.45, 2.75) is 38.6 Å². The van der Waals surface area contributed by atoms with E-state index >= 15 is 0 Å². The molecule has 3 rings (SSSR count). The van der Waals surface area contributed by atoms with Crippen LogP contribution in [0.15, 0.2) is 18.2 Å². The number of carbonyl (C=O) groups excluding carboxylic acids is 1. The molecule has 1 aromatic rings. The highest BCUT2D eigenvalue weighted by Gasteiger charge is 2.40. The summed E-state index contributed by atoms with van der Waals surface area (Å²) in [5.41, 5.74) is 2.53. The van der Waals surface area contributed by atoms with Crippen LogP contribution in [0, 0.1) is 30.6 Å². The van der Waals surface area contributed by atoms with Crippen LogP contribution in [-0.4, -0.2) is 23.7 Å². The fourth-order valence-corrected chi connectivity index (χ4v) is 3.75. The van der Waals surface area contributed by atoms with E-state index in [2.05, 4.69) is 17.2 Å². The molecule has 0 aliphatic heterocycles. The SMILES string of the molecule is Cc1cc(C(=O)NC2CC3CCC2C3)ccc1C#CCO. The van der Waals surface area contributed by atoms with Crippen molar-refractivity contribution in [3.63, 3.8) is 0 Å². The summed E-state index contributed by atoms with van der Waals surface area (Å²) in [5, 5.41) is 11.9. The van der Waals surface area contributed by atoms with Gasteiger partial charge in [0.15, 0.2) is 0 Å². The number of carbonyl (C=O) groups is 1. The first-order valence-electron chi connectivity index (χ1n) is 7.68. The predicted octanol–water partition coefficient (Wildman–Crippen LogP) is 2.26. The molecule has 0 saturated heterocycles. The molecule has 3 heteroatoms. The summed E-state index contributed by atoms with van der Waals surface area (Å²) in [4.78, 5) is 12.4. The molecule has 1 amide bonds. The minimum atomic E-state index is -0.147. The van der Waals surface area contributed by atoms with Crippen molar-refractivity contribution in [2.24, 2.45) is 11.8 Å². The molecule has 21 heavy (non-hydrogen) atoms. The van der Waals surface area contributed by atoms with E-state index < -0.39 is 0 Å². The highest BCUT2D eigenvalue weighted by molar-refractivity contribution is 5.94. The van der Waals surface area contributed by atoms with Gasteiger partial charge in [-0.25, -0.2) is 0 Å². The van der Waals surface area contributed by atoms with E-state index in [9.17, 15) is 4.79 Å². The summed E-state index contributed by atoms with van der Waals surface area (Å²) < 4.78 is 0. The monoisotopic (exact) mass is 283 g/mol. The molecule has 0 radical (unpaired) electrons. The zero-order valence-electron chi connectivity index (χ0n) is 12.4.